The number of rotatable bonds is 2. The number of ether oxygens (including phenoxy) is 1. The zero-order valence-corrected chi connectivity index (χ0v) is 11.2. The lowest BCUT2D eigenvalue weighted by molar-refractivity contribution is -0.153. The van der Waals surface area contributed by atoms with E-state index in [9.17, 15) is 14.3 Å². The number of esters is 1. The average Bonchev–Trinajstić information content (AvgIpc) is 2.59. The van der Waals surface area contributed by atoms with Crippen LogP contribution in [0.25, 0.3) is 0 Å². The van der Waals surface area contributed by atoms with Crippen LogP contribution in [0.2, 0.25) is 0 Å². The van der Waals surface area contributed by atoms with Gasteiger partial charge in [-0.25, -0.2) is 9.18 Å². The normalized spacial score (nSPS) is 45.9. The fourth-order valence-corrected chi connectivity index (χ4v) is 7.06. The molecule has 0 aromatic rings. The van der Waals surface area contributed by atoms with Gasteiger partial charge in [-0.2, -0.15) is 0 Å². The number of fused-ring (bicyclic) bond motifs is 2. The molecule has 1 saturated heterocycles. The van der Waals surface area contributed by atoms with E-state index >= 15 is 0 Å². The summed E-state index contributed by atoms with van der Waals surface area (Å²) in [5, 5.41) is 9.94. The van der Waals surface area contributed by atoms with Crippen LogP contribution in [-0.2, 0) is 9.53 Å². The number of alkyl halides is 1. The summed E-state index contributed by atoms with van der Waals surface area (Å²) in [6.45, 7) is 1.86. The van der Waals surface area contributed by atoms with E-state index in [2.05, 4.69) is 0 Å². The number of hydrogen-bond acceptors (Lipinski definition) is 5. The van der Waals surface area contributed by atoms with Gasteiger partial charge in [-0.3, -0.25) is 0 Å². The molecule has 96 valence electrons. The Labute approximate surface area is 108 Å². The molecule has 0 aromatic heterocycles. The van der Waals surface area contributed by atoms with Crippen LogP contribution in [0.3, 0.4) is 0 Å². The molecule has 0 bridgehead atoms. The molecule has 3 aliphatic rings. The van der Waals surface area contributed by atoms with Crippen LogP contribution in [0.1, 0.15) is 13.3 Å². The van der Waals surface area contributed by atoms with Gasteiger partial charge in [0.25, 0.3) is 0 Å². The number of thioether (sulfide) groups is 2. The van der Waals surface area contributed by atoms with Crippen molar-refractivity contribution in [2.24, 2.45) is 11.8 Å². The first-order valence-electron chi connectivity index (χ1n) is 5.88. The molecule has 6 heteroatoms. The molecule has 3 rings (SSSR count). The number of aliphatic hydroxyl groups excluding tert-OH is 1. The highest BCUT2D eigenvalue weighted by atomic mass is 32.2. The minimum atomic E-state index is -1.93. The quantitative estimate of drug-likeness (QED) is 0.775. The molecule has 17 heavy (non-hydrogen) atoms. The van der Waals surface area contributed by atoms with E-state index in [0.29, 0.717) is 6.42 Å². The van der Waals surface area contributed by atoms with Crippen LogP contribution in [0, 0.1) is 11.8 Å². The molecule has 3 fully saturated rings. The van der Waals surface area contributed by atoms with Crippen LogP contribution in [0.4, 0.5) is 4.39 Å². The van der Waals surface area contributed by atoms with Crippen molar-refractivity contribution in [2.45, 2.75) is 29.2 Å². The van der Waals surface area contributed by atoms with E-state index < -0.39 is 23.7 Å². The van der Waals surface area contributed by atoms with Gasteiger partial charge in [-0.05, 0) is 13.3 Å². The third-order valence-corrected chi connectivity index (χ3v) is 7.53. The first-order chi connectivity index (χ1) is 8.06. The Hall–Kier alpha value is 0.0600. The van der Waals surface area contributed by atoms with Crippen LogP contribution in [0.5, 0.6) is 0 Å². The molecule has 0 aromatic carbocycles. The maximum absolute atomic E-state index is 14.7. The van der Waals surface area contributed by atoms with Crippen molar-refractivity contribution in [3.8, 4) is 0 Å². The standard InChI is InChI=1S/C11H15FO3S2/c1-2-15-9(14)11(12)7-6(13)5-10(8(7)11)16-3-4-17-10/h6-8,13H,2-5H2,1H3/t6-,7+,8+,11+/m0/s1. The molecule has 4 atom stereocenters. The Bertz CT molecular complexity index is 359. The average molecular weight is 278 g/mol. The number of carbonyl (C=O) groups excluding carboxylic acids is 1. The number of carbonyl (C=O) groups is 1. The van der Waals surface area contributed by atoms with Crippen LogP contribution < -0.4 is 0 Å². The zero-order chi connectivity index (χ0) is 12.3. The number of halogens is 1. The summed E-state index contributed by atoms with van der Waals surface area (Å²) in [5.41, 5.74) is -1.93. The molecule has 2 aliphatic carbocycles. The van der Waals surface area contributed by atoms with Crippen LogP contribution >= 0.6 is 23.5 Å². The zero-order valence-electron chi connectivity index (χ0n) is 9.52. The van der Waals surface area contributed by atoms with E-state index in [4.69, 9.17) is 4.74 Å². The first-order valence-corrected chi connectivity index (χ1v) is 7.85. The van der Waals surface area contributed by atoms with Gasteiger partial charge in [-0.1, -0.05) is 0 Å². The van der Waals surface area contributed by atoms with Crippen LogP contribution in [0.15, 0.2) is 0 Å². The Kier molecular flexibility index (Phi) is 2.69. The van der Waals surface area contributed by atoms with Crippen LogP contribution in [-0.4, -0.2) is 45.0 Å². The van der Waals surface area contributed by atoms with E-state index in [0.717, 1.165) is 11.5 Å². The van der Waals surface area contributed by atoms with Crippen molar-refractivity contribution in [1.82, 2.24) is 0 Å². The van der Waals surface area contributed by atoms with Gasteiger partial charge in [0.1, 0.15) is 0 Å². The van der Waals surface area contributed by atoms with Crippen molar-refractivity contribution in [3.05, 3.63) is 0 Å². The van der Waals surface area contributed by atoms with E-state index in [1.165, 1.54) is 0 Å². The third kappa shape index (κ3) is 1.43. The molecule has 3 nitrogen and oxygen atoms in total. The fourth-order valence-electron chi connectivity index (χ4n) is 3.30. The summed E-state index contributed by atoms with van der Waals surface area (Å²) < 4.78 is 19.2. The Morgan fingerprint density at radius 2 is 2.18 bits per heavy atom. The van der Waals surface area contributed by atoms with Crippen molar-refractivity contribution < 1.29 is 19.0 Å². The first kappa shape index (κ1) is 12.1. The highest BCUT2D eigenvalue weighted by Gasteiger charge is 2.84. The second-order valence-corrected chi connectivity index (χ2v) is 7.88. The summed E-state index contributed by atoms with van der Waals surface area (Å²) in [6.07, 6.45) is -0.101. The number of aliphatic hydroxyl groups is 1. The molecule has 1 aliphatic heterocycles. The summed E-state index contributed by atoms with van der Waals surface area (Å²) in [5.74, 6) is 0.265. The molecular weight excluding hydrogens is 263 g/mol. The van der Waals surface area contributed by atoms with Gasteiger partial charge in [0, 0.05) is 23.3 Å². The lowest BCUT2D eigenvalue weighted by Gasteiger charge is -2.27. The summed E-state index contributed by atoms with van der Waals surface area (Å²) in [6, 6.07) is 0. The van der Waals surface area contributed by atoms with E-state index in [1.807, 2.05) is 0 Å². The molecule has 0 unspecified atom stereocenters. The minimum Gasteiger partial charge on any atom is -0.464 e. The predicted molar refractivity (Wildman–Crippen MR) is 65.7 cm³/mol. The van der Waals surface area contributed by atoms with Gasteiger partial charge in [0.05, 0.1) is 16.8 Å². The lowest BCUT2D eigenvalue weighted by atomic mass is 10.1. The highest BCUT2D eigenvalue weighted by molar-refractivity contribution is 8.21. The molecule has 1 spiro atoms. The molecule has 1 N–H and O–H groups in total. The SMILES string of the molecule is CCOC(=O)[C@@]1(F)[C@H]2[C@@H]1C1(C[C@@H]2O)SCCS1. The van der Waals surface area contributed by atoms with E-state index in [1.54, 1.807) is 30.4 Å². The van der Waals surface area contributed by atoms with Crippen molar-refractivity contribution in [2.75, 3.05) is 18.1 Å². The van der Waals surface area contributed by atoms with E-state index in [-0.39, 0.29) is 16.6 Å². The van der Waals surface area contributed by atoms with Gasteiger partial charge >= 0.3 is 5.97 Å². The Morgan fingerprint density at radius 3 is 2.76 bits per heavy atom. The summed E-state index contributed by atoms with van der Waals surface area (Å²) >= 11 is 3.40. The monoisotopic (exact) mass is 278 g/mol. The van der Waals surface area contributed by atoms with Gasteiger partial charge in [0.2, 0.25) is 5.67 Å². The predicted octanol–water partition coefficient (Wildman–Crippen LogP) is 1.44. The second kappa shape index (κ2) is 3.78. The molecular formula is C11H15FO3S2. The smallest absolute Gasteiger partial charge is 0.344 e. The Balaban J connectivity index is 1.85. The maximum Gasteiger partial charge on any atom is 0.344 e. The van der Waals surface area contributed by atoms with Crippen molar-refractivity contribution in [3.63, 3.8) is 0 Å². The minimum absolute atomic E-state index is 0.188. The molecule has 0 radical (unpaired) electrons. The topological polar surface area (TPSA) is 46.5 Å². The molecule has 2 saturated carbocycles. The van der Waals surface area contributed by atoms with Gasteiger partial charge < -0.3 is 9.84 Å². The fraction of sp³-hybridized carbons (Fsp3) is 0.909. The van der Waals surface area contributed by atoms with Crippen molar-refractivity contribution >= 4 is 29.5 Å². The number of hydrogen-bond donors (Lipinski definition) is 1. The lowest BCUT2D eigenvalue weighted by Crippen LogP contribution is -2.36. The largest absolute Gasteiger partial charge is 0.464 e. The second-order valence-electron chi connectivity index (χ2n) is 4.77. The third-order valence-electron chi connectivity index (χ3n) is 3.93. The Morgan fingerprint density at radius 1 is 1.53 bits per heavy atom. The van der Waals surface area contributed by atoms with Crippen molar-refractivity contribution in [1.29, 1.82) is 0 Å². The van der Waals surface area contributed by atoms with Gasteiger partial charge in [-0.15, -0.1) is 23.5 Å². The maximum atomic E-state index is 14.7. The molecule has 1 heterocycles. The summed E-state index contributed by atoms with van der Waals surface area (Å²) in [4.78, 5) is 11.7. The highest BCUT2D eigenvalue weighted by Crippen LogP contribution is 2.75. The molecule has 0 amide bonds. The van der Waals surface area contributed by atoms with Gasteiger partial charge in [0.15, 0.2) is 0 Å². The summed E-state index contributed by atoms with van der Waals surface area (Å²) in [7, 11) is 0.